The summed E-state index contributed by atoms with van der Waals surface area (Å²) in [5.41, 5.74) is 0. The summed E-state index contributed by atoms with van der Waals surface area (Å²) in [5.74, 6) is 0. The van der Waals surface area contributed by atoms with Gasteiger partial charge in [-0.3, -0.25) is 0 Å². The van der Waals surface area contributed by atoms with Gasteiger partial charge in [0.25, 0.3) is 0 Å². The molecule has 0 bridgehead atoms. The SMILES string of the molecule is [CH2]C(CC)N1CCCC1. The van der Waals surface area contributed by atoms with Crippen molar-refractivity contribution >= 4 is 0 Å². The molecule has 0 aromatic heterocycles. The number of rotatable bonds is 2. The predicted molar refractivity (Wildman–Crippen MR) is 40.2 cm³/mol. The average molecular weight is 126 g/mol. The highest BCUT2D eigenvalue weighted by Crippen LogP contribution is 2.12. The van der Waals surface area contributed by atoms with Crippen molar-refractivity contribution in [2.45, 2.75) is 32.2 Å². The number of nitrogens with zero attached hydrogens (tertiary/aromatic N) is 1. The molecule has 1 heterocycles. The van der Waals surface area contributed by atoms with E-state index < -0.39 is 0 Å². The van der Waals surface area contributed by atoms with Crippen molar-refractivity contribution in [3.8, 4) is 0 Å². The molecule has 0 N–H and O–H groups in total. The van der Waals surface area contributed by atoms with Gasteiger partial charge < -0.3 is 4.90 Å². The maximum Gasteiger partial charge on any atom is 0.00932 e. The molecule has 0 saturated carbocycles. The van der Waals surface area contributed by atoms with Crippen LogP contribution in [0.25, 0.3) is 0 Å². The molecular weight excluding hydrogens is 110 g/mol. The molecule has 1 nitrogen and oxygen atoms in total. The molecule has 1 aliphatic heterocycles. The van der Waals surface area contributed by atoms with E-state index >= 15 is 0 Å². The lowest BCUT2D eigenvalue weighted by molar-refractivity contribution is 0.276. The van der Waals surface area contributed by atoms with Crippen LogP contribution in [0.5, 0.6) is 0 Å². The van der Waals surface area contributed by atoms with Crippen LogP contribution in [0.3, 0.4) is 0 Å². The second-order valence-corrected chi connectivity index (χ2v) is 2.81. The van der Waals surface area contributed by atoms with E-state index in [1.807, 2.05) is 0 Å². The first-order chi connectivity index (χ1) is 4.34. The molecule has 0 amide bonds. The van der Waals surface area contributed by atoms with Gasteiger partial charge in [0.15, 0.2) is 0 Å². The summed E-state index contributed by atoms with van der Waals surface area (Å²) in [5, 5.41) is 0. The highest BCUT2D eigenvalue weighted by molar-refractivity contribution is 4.76. The molecule has 1 rings (SSSR count). The van der Waals surface area contributed by atoms with Crippen LogP contribution in [0.15, 0.2) is 0 Å². The monoisotopic (exact) mass is 126 g/mol. The molecule has 1 atom stereocenters. The minimum absolute atomic E-state index is 0.576. The van der Waals surface area contributed by atoms with E-state index in [0.29, 0.717) is 6.04 Å². The van der Waals surface area contributed by atoms with Crippen LogP contribution < -0.4 is 0 Å². The molecule has 1 radical (unpaired) electrons. The highest BCUT2D eigenvalue weighted by Gasteiger charge is 2.15. The van der Waals surface area contributed by atoms with Crippen molar-refractivity contribution in [3.05, 3.63) is 6.92 Å². The van der Waals surface area contributed by atoms with Gasteiger partial charge in [-0.1, -0.05) is 6.92 Å². The Hall–Kier alpha value is -0.0400. The fourth-order valence-corrected chi connectivity index (χ4v) is 1.36. The normalized spacial score (nSPS) is 24.7. The van der Waals surface area contributed by atoms with Gasteiger partial charge in [-0.25, -0.2) is 0 Å². The van der Waals surface area contributed by atoms with E-state index in [9.17, 15) is 0 Å². The van der Waals surface area contributed by atoms with E-state index in [-0.39, 0.29) is 0 Å². The Morgan fingerprint density at radius 1 is 1.44 bits per heavy atom. The van der Waals surface area contributed by atoms with Gasteiger partial charge in [0.1, 0.15) is 0 Å². The quantitative estimate of drug-likeness (QED) is 0.544. The van der Waals surface area contributed by atoms with E-state index in [4.69, 9.17) is 0 Å². The highest BCUT2D eigenvalue weighted by atomic mass is 15.2. The third-order valence-electron chi connectivity index (χ3n) is 2.13. The molecule has 0 aliphatic carbocycles. The lowest BCUT2D eigenvalue weighted by atomic mass is 10.2. The third-order valence-corrected chi connectivity index (χ3v) is 2.13. The summed E-state index contributed by atoms with van der Waals surface area (Å²) < 4.78 is 0. The molecule has 1 heteroatoms. The third kappa shape index (κ3) is 1.68. The van der Waals surface area contributed by atoms with Crippen molar-refractivity contribution in [1.29, 1.82) is 0 Å². The molecule has 0 aromatic rings. The molecule has 1 fully saturated rings. The van der Waals surface area contributed by atoms with Crippen LogP contribution in [-0.4, -0.2) is 24.0 Å². The Labute approximate surface area is 58.0 Å². The molecule has 53 valence electrons. The minimum Gasteiger partial charge on any atom is -0.300 e. The molecule has 0 spiro atoms. The van der Waals surface area contributed by atoms with Crippen molar-refractivity contribution in [3.63, 3.8) is 0 Å². The Balaban J connectivity index is 2.24. The zero-order chi connectivity index (χ0) is 6.69. The van der Waals surface area contributed by atoms with Gasteiger partial charge in [-0.05, 0) is 39.3 Å². The predicted octanol–water partition coefficient (Wildman–Crippen LogP) is 1.69. The number of hydrogen-bond acceptors (Lipinski definition) is 1. The standard InChI is InChI=1S/C8H16N/c1-3-8(2)9-6-4-5-7-9/h8H,2-7H2,1H3. The summed E-state index contributed by atoms with van der Waals surface area (Å²) >= 11 is 0. The first-order valence-electron chi connectivity index (χ1n) is 3.91. The number of likely N-dealkylation sites (tertiary alicyclic amines) is 1. The van der Waals surface area contributed by atoms with E-state index in [2.05, 4.69) is 18.7 Å². The summed E-state index contributed by atoms with van der Waals surface area (Å²) in [6.45, 7) is 8.83. The van der Waals surface area contributed by atoms with Crippen LogP contribution in [0.2, 0.25) is 0 Å². The van der Waals surface area contributed by atoms with Gasteiger partial charge in [-0.2, -0.15) is 0 Å². The Kier molecular flexibility index (Phi) is 2.52. The minimum atomic E-state index is 0.576. The van der Waals surface area contributed by atoms with Gasteiger partial charge in [0.2, 0.25) is 0 Å². The van der Waals surface area contributed by atoms with Crippen LogP contribution in [0.1, 0.15) is 26.2 Å². The Morgan fingerprint density at radius 3 is 2.44 bits per heavy atom. The summed E-state index contributed by atoms with van der Waals surface area (Å²) in [6.07, 6.45) is 3.96. The number of hydrogen-bond donors (Lipinski definition) is 0. The zero-order valence-electron chi connectivity index (χ0n) is 6.27. The van der Waals surface area contributed by atoms with Crippen molar-refractivity contribution in [2.24, 2.45) is 0 Å². The van der Waals surface area contributed by atoms with Gasteiger partial charge in [0.05, 0.1) is 0 Å². The molecule has 1 saturated heterocycles. The largest absolute Gasteiger partial charge is 0.300 e. The second-order valence-electron chi connectivity index (χ2n) is 2.81. The van der Waals surface area contributed by atoms with E-state index in [1.54, 1.807) is 0 Å². The van der Waals surface area contributed by atoms with Crippen molar-refractivity contribution in [1.82, 2.24) is 4.90 Å². The maximum atomic E-state index is 4.06. The second kappa shape index (κ2) is 3.21. The van der Waals surface area contributed by atoms with Gasteiger partial charge >= 0.3 is 0 Å². The van der Waals surface area contributed by atoms with Gasteiger partial charge in [-0.15, -0.1) is 0 Å². The van der Waals surface area contributed by atoms with E-state index in [1.165, 1.54) is 32.4 Å². The fourth-order valence-electron chi connectivity index (χ4n) is 1.36. The Bertz CT molecular complexity index is 74.6. The lowest BCUT2D eigenvalue weighted by Crippen LogP contribution is -2.29. The van der Waals surface area contributed by atoms with Gasteiger partial charge in [0, 0.05) is 6.04 Å². The van der Waals surface area contributed by atoms with E-state index in [0.717, 1.165) is 0 Å². The van der Waals surface area contributed by atoms with Crippen molar-refractivity contribution in [2.75, 3.05) is 13.1 Å². The maximum absolute atomic E-state index is 4.06. The summed E-state index contributed by atoms with van der Waals surface area (Å²) in [6, 6.07) is 0.576. The molecular formula is C8H16N. The molecule has 1 unspecified atom stereocenters. The first-order valence-corrected chi connectivity index (χ1v) is 3.91. The molecule has 9 heavy (non-hydrogen) atoms. The van der Waals surface area contributed by atoms with Crippen LogP contribution in [0.4, 0.5) is 0 Å². The first kappa shape index (κ1) is 7.07. The van der Waals surface area contributed by atoms with Crippen LogP contribution in [0, 0.1) is 6.92 Å². The topological polar surface area (TPSA) is 3.24 Å². The van der Waals surface area contributed by atoms with Crippen LogP contribution in [-0.2, 0) is 0 Å². The summed E-state index contributed by atoms with van der Waals surface area (Å²) in [4.78, 5) is 2.47. The smallest absolute Gasteiger partial charge is 0.00932 e. The van der Waals surface area contributed by atoms with Crippen LogP contribution >= 0.6 is 0 Å². The lowest BCUT2D eigenvalue weighted by Gasteiger charge is -2.21. The zero-order valence-corrected chi connectivity index (χ0v) is 6.27. The molecule has 0 aromatic carbocycles. The fraction of sp³-hybridized carbons (Fsp3) is 0.875. The van der Waals surface area contributed by atoms with Crippen molar-refractivity contribution < 1.29 is 0 Å². The summed E-state index contributed by atoms with van der Waals surface area (Å²) in [7, 11) is 0. The Morgan fingerprint density at radius 2 is 2.00 bits per heavy atom. The molecule has 1 aliphatic rings. The average Bonchev–Trinajstić information content (AvgIpc) is 2.37.